The monoisotopic (exact) mass is 343 g/mol. The number of thiophene rings is 1. The van der Waals surface area contributed by atoms with Crippen LogP contribution in [0.2, 0.25) is 0 Å². The Morgan fingerprint density at radius 3 is 2.89 bits per heavy atom. The summed E-state index contributed by atoms with van der Waals surface area (Å²) in [6.07, 6.45) is 1.61. The zero-order valence-electron chi connectivity index (χ0n) is 10.5. The van der Waals surface area contributed by atoms with Crippen molar-refractivity contribution in [2.24, 2.45) is 0 Å². The third kappa shape index (κ3) is 3.92. The molecule has 0 fully saturated rings. The number of nitrogens with zero attached hydrogens (tertiary/aromatic N) is 1. The predicted molar refractivity (Wildman–Crippen MR) is 77.3 cm³/mol. The van der Waals surface area contributed by atoms with Gasteiger partial charge >= 0.3 is 0 Å². The van der Waals surface area contributed by atoms with Gasteiger partial charge in [0.15, 0.2) is 0 Å². The Bertz CT molecular complexity index is 524. The number of hydrogen-bond donors (Lipinski definition) is 0. The van der Waals surface area contributed by atoms with Gasteiger partial charge in [-0.15, -0.1) is 11.3 Å². The van der Waals surface area contributed by atoms with E-state index in [0.29, 0.717) is 24.6 Å². The van der Waals surface area contributed by atoms with Gasteiger partial charge in [-0.3, -0.25) is 4.79 Å². The van der Waals surface area contributed by atoms with Crippen LogP contribution in [-0.2, 0) is 11.3 Å². The number of methoxy groups -OCH3 is 1. The molecule has 0 radical (unpaired) electrons. The summed E-state index contributed by atoms with van der Waals surface area (Å²) in [4.78, 5) is 14.8. The van der Waals surface area contributed by atoms with Gasteiger partial charge in [-0.25, -0.2) is 0 Å². The molecule has 19 heavy (non-hydrogen) atoms. The van der Waals surface area contributed by atoms with Crippen molar-refractivity contribution < 1.29 is 13.9 Å². The largest absolute Gasteiger partial charge is 0.467 e. The Labute approximate surface area is 124 Å². The highest BCUT2D eigenvalue weighted by Crippen LogP contribution is 2.23. The lowest BCUT2D eigenvalue weighted by molar-refractivity contribution is 0.0671. The highest BCUT2D eigenvalue weighted by atomic mass is 79.9. The van der Waals surface area contributed by atoms with Crippen LogP contribution in [0.3, 0.4) is 0 Å². The molecule has 2 heterocycles. The molecule has 0 atom stereocenters. The fraction of sp³-hybridized carbons (Fsp3) is 0.308. The SMILES string of the molecule is COCCN(Cc1ccco1)C(=O)c1ccc(Br)s1. The molecule has 0 aliphatic carbocycles. The van der Waals surface area contributed by atoms with Crippen molar-refractivity contribution in [3.05, 3.63) is 45.0 Å². The second-order valence-electron chi connectivity index (χ2n) is 3.90. The molecule has 6 heteroatoms. The molecule has 2 aromatic rings. The average molecular weight is 344 g/mol. The third-order valence-corrected chi connectivity index (χ3v) is 4.17. The summed E-state index contributed by atoms with van der Waals surface area (Å²) in [5, 5.41) is 0. The zero-order valence-corrected chi connectivity index (χ0v) is 12.9. The van der Waals surface area contributed by atoms with E-state index in [-0.39, 0.29) is 5.91 Å². The molecule has 1 amide bonds. The summed E-state index contributed by atoms with van der Waals surface area (Å²) in [5.41, 5.74) is 0. The lowest BCUT2D eigenvalue weighted by Crippen LogP contribution is -2.32. The van der Waals surface area contributed by atoms with Gasteiger partial charge in [-0.1, -0.05) is 0 Å². The summed E-state index contributed by atoms with van der Waals surface area (Å²) in [7, 11) is 1.62. The van der Waals surface area contributed by atoms with Gasteiger partial charge in [0.2, 0.25) is 0 Å². The quantitative estimate of drug-likeness (QED) is 0.807. The van der Waals surface area contributed by atoms with Crippen molar-refractivity contribution in [3.8, 4) is 0 Å². The first kappa shape index (κ1) is 14.3. The van der Waals surface area contributed by atoms with E-state index in [1.165, 1.54) is 11.3 Å². The molecular weight excluding hydrogens is 330 g/mol. The number of hydrogen-bond acceptors (Lipinski definition) is 4. The fourth-order valence-corrected chi connectivity index (χ4v) is 2.98. The van der Waals surface area contributed by atoms with Gasteiger partial charge < -0.3 is 14.1 Å². The number of furan rings is 1. The number of amides is 1. The summed E-state index contributed by atoms with van der Waals surface area (Å²) in [6, 6.07) is 7.37. The number of carbonyl (C=O) groups is 1. The van der Waals surface area contributed by atoms with Crippen LogP contribution >= 0.6 is 27.3 Å². The molecule has 4 nitrogen and oxygen atoms in total. The van der Waals surface area contributed by atoms with E-state index < -0.39 is 0 Å². The van der Waals surface area contributed by atoms with E-state index in [0.717, 1.165) is 9.55 Å². The van der Waals surface area contributed by atoms with E-state index in [1.54, 1.807) is 18.3 Å². The maximum Gasteiger partial charge on any atom is 0.264 e. The molecule has 0 aromatic carbocycles. The molecule has 0 unspecified atom stereocenters. The van der Waals surface area contributed by atoms with Crippen molar-refractivity contribution in [3.63, 3.8) is 0 Å². The first-order valence-corrected chi connectivity index (χ1v) is 7.37. The summed E-state index contributed by atoms with van der Waals surface area (Å²) in [6.45, 7) is 1.48. The molecule has 0 saturated heterocycles. The van der Waals surface area contributed by atoms with Gasteiger partial charge in [-0.05, 0) is 40.2 Å². The second kappa shape index (κ2) is 6.88. The predicted octanol–water partition coefficient (Wildman–Crippen LogP) is 3.39. The lowest BCUT2D eigenvalue weighted by Gasteiger charge is -2.20. The van der Waals surface area contributed by atoms with Crippen LogP contribution in [0, 0.1) is 0 Å². The molecular formula is C13H14BrNO3S. The summed E-state index contributed by atoms with van der Waals surface area (Å²) < 4.78 is 11.3. The smallest absolute Gasteiger partial charge is 0.264 e. The van der Waals surface area contributed by atoms with Crippen molar-refractivity contribution >= 4 is 33.2 Å². The maximum absolute atomic E-state index is 12.4. The highest BCUT2D eigenvalue weighted by Gasteiger charge is 2.18. The van der Waals surface area contributed by atoms with E-state index in [4.69, 9.17) is 9.15 Å². The molecule has 0 aliphatic rings. The van der Waals surface area contributed by atoms with Gasteiger partial charge in [0, 0.05) is 13.7 Å². The Kier molecular flexibility index (Phi) is 5.18. The number of rotatable bonds is 6. The van der Waals surface area contributed by atoms with Crippen molar-refractivity contribution in [2.75, 3.05) is 20.3 Å². The topological polar surface area (TPSA) is 42.7 Å². The van der Waals surface area contributed by atoms with E-state index >= 15 is 0 Å². The lowest BCUT2D eigenvalue weighted by atomic mass is 10.3. The minimum absolute atomic E-state index is 0.0100. The molecule has 102 valence electrons. The van der Waals surface area contributed by atoms with Gasteiger partial charge in [-0.2, -0.15) is 0 Å². The normalized spacial score (nSPS) is 10.6. The number of ether oxygens (including phenoxy) is 1. The molecule has 0 N–H and O–H groups in total. The molecule has 0 spiro atoms. The molecule has 2 aromatic heterocycles. The Balaban J connectivity index is 2.10. The molecule has 0 saturated carbocycles. The minimum atomic E-state index is -0.0100. The standard InChI is InChI=1S/C13H14BrNO3S/c1-17-8-6-15(9-10-3-2-7-18-10)13(16)11-4-5-12(14)19-11/h2-5,7H,6,8-9H2,1H3. The Hall–Kier alpha value is -1.11. The van der Waals surface area contributed by atoms with Gasteiger partial charge in [0.25, 0.3) is 5.91 Å². The summed E-state index contributed by atoms with van der Waals surface area (Å²) in [5.74, 6) is 0.754. The van der Waals surface area contributed by atoms with Crippen LogP contribution in [0.15, 0.2) is 38.7 Å². The zero-order chi connectivity index (χ0) is 13.7. The van der Waals surface area contributed by atoms with Crippen molar-refractivity contribution in [1.82, 2.24) is 4.90 Å². The minimum Gasteiger partial charge on any atom is -0.467 e. The van der Waals surface area contributed by atoms with Gasteiger partial charge in [0.1, 0.15) is 5.76 Å². The van der Waals surface area contributed by atoms with Crippen LogP contribution in [0.1, 0.15) is 15.4 Å². The van der Waals surface area contributed by atoms with Crippen molar-refractivity contribution in [1.29, 1.82) is 0 Å². The maximum atomic E-state index is 12.4. The van der Waals surface area contributed by atoms with Crippen LogP contribution in [0.5, 0.6) is 0 Å². The summed E-state index contributed by atoms with van der Waals surface area (Å²) >= 11 is 4.79. The fourth-order valence-electron chi connectivity index (χ4n) is 1.63. The number of halogens is 1. The van der Waals surface area contributed by atoms with E-state index in [1.807, 2.05) is 24.3 Å². The number of carbonyl (C=O) groups excluding carboxylic acids is 1. The molecule has 2 rings (SSSR count). The van der Waals surface area contributed by atoms with Crippen LogP contribution < -0.4 is 0 Å². The average Bonchev–Trinajstić information content (AvgIpc) is 3.05. The van der Waals surface area contributed by atoms with E-state index in [2.05, 4.69) is 15.9 Å². The van der Waals surface area contributed by atoms with Crippen molar-refractivity contribution in [2.45, 2.75) is 6.54 Å². The Morgan fingerprint density at radius 2 is 2.32 bits per heavy atom. The molecule has 0 aliphatic heterocycles. The highest BCUT2D eigenvalue weighted by molar-refractivity contribution is 9.11. The van der Waals surface area contributed by atoms with Crippen LogP contribution in [-0.4, -0.2) is 31.1 Å². The first-order valence-electron chi connectivity index (χ1n) is 5.76. The Morgan fingerprint density at radius 1 is 1.47 bits per heavy atom. The van der Waals surface area contributed by atoms with E-state index in [9.17, 15) is 4.79 Å². The first-order chi connectivity index (χ1) is 9.20. The molecule has 0 bridgehead atoms. The second-order valence-corrected chi connectivity index (χ2v) is 6.37. The third-order valence-electron chi connectivity index (χ3n) is 2.56. The van der Waals surface area contributed by atoms with Crippen LogP contribution in [0.4, 0.5) is 0 Å². The van der Waals surface area contributed by atoms with Crippen LogP contribution in [0.25, 0.3) is 0 Å². The van der Waals surface area contributed by atoms with Gasteiger partial charge in [0.05, 0.1) is 28.1 Å².